The molecule has 18 heavy (non-hydrogen) atoms. The van der Waals surface area contributed by atoms with Gasteiger partial charge in [-0.2, -0.15) is 0 Å². The van der Waals surface area contributed by atoms with Crippen LogP contribution < -0.4 is 0 Å². The molecule has 0 spiro atoms. The molecular weight excluding hydrogens is 226 g/mol. The molecular formula is C15H16NO2. The van der Waals surface area contributed by atoms with E-state index in [0.29, 0.717) is 25.8 Å². The third kappa shape index (κ3) is 3.06. The predicted molar refractivity (Wildman–Crippen MR) is 70.5 cm³/mol. The number of nitrogens with zero attached hydrogens (tertiary/aromatic N) is 1. The molecule has 1 aliphatic rings. The van der Waals surface area contributed by atoms with Crippen LogP contribution in [0.5, 0.6) is 0 Å². The molecule has 1 aromatic carbocycles. The fourth-order valence-electron chi connectivity index (χ4n) is 1.93. The lowest BCUT2D eigenvalue weighted by atomic mass is 10.1. The van der Waals surface area contributed by atoms with Gasteiger partial charge in [-0.3, -0.25) is 14.5 Å². The van der Waals surface area contributed by atoms with E-state index in [9.17, 15) is 9.59 Å². The number of benzene rings is 1. The molecule has 2 amide bonds. The van der Waals surface area contributed by atoms with Crippen LogP contribution in [0, 0.1) is 6.92 Å². The highest BCUT2D eigenvalue weighted by Crippen LogP contribution is 2.12. The lowest BCUT2D eigenvalue weighted by Crippen LogP contribution is -2.39. The van der Waals surface area contributed by atoms with Crippen molar-refractivity contribution in [2.24, 2.45) is 0 Å². The van der Waals surface area contributed by atoms with Crippen molar-refractivity contribution < 1.29 is 9.59 Å². The van der Waals surface area contributed by atoms with Crippen molar-refractivity contribution >= 4 is 17.9 Å². The van der Waals surface area contributed by atoms with Gasteiger partial charge in [-0.1, -0.05) is 36.4 Å². The number of hydrogen-bond acceptors (Lipinski definition) is 2. The van der Waals surface area contributed by atoms with Crippen molar-refractivity contribution in [2.45, 2.75) is 19.3 Å². The van der Waals surface area contributed by atoms with E-state index in [1.165, 1.54) is 4.90 Å². The van der Waals surface area contributed by atoms with E-state index in [1.54, 1.807) is 0 Å². The molecule has 1 saturated heterocycles. The van der Waals surface area contributed by atoms with Gasteiger partial charge in [0.2, 0.25) is 11.8 Å². The quantitative estimate of drug-likeness (QED) is 0.763. The standard InChI is InChI=1S/C15H16NO2/c1-12-7-9-13(10-8-12)4-3-11-16-14(17)5-2-6-15(16)18/h3-4,7-10H,1-2,5-6,11H2/b4-3+. The Morgan fingerprint density at radius 2 is 1.72 bits per heavy atom. The molecule has 1 fully saturated rings. The summed E-state index contributed by atoms with van der Waals surface area (Å²) in [6.07, 6.45) is 5.40. The minimum Gasteiger partial charge on any atom is -0.279 e. The lowest BCUT2D eigenvalue weighted by Gasteiger charge is -2.23. The van der Waals surface area contributed by atoms with Crippen molar-refractivity contribution in [3.05, 3.63) is 48.4 Å². The zero-order chi connectivity index (χ0) is 13.0. The van der Waals surface area contributed by atoms with E-state index in [1.807, 2.05) is 36.4 Å². The first kappa shape index (κ1) is 12.6. The van der Waals surface area contributed by atoms with E-state index in [-0.39, 0.29) is 11.8 Å². The summed E-state index contributed by atoms with van der Waals surface area (Å²) in [4.78, 5) is 24.4. The third-order valence-corrected chi connectivity index (χ3v) is 2.96. The predicted octanol–water partition coefficient (Wildman–Crippen LogP) is 2.42. The molecule has 0 N–H and O–H groups in total. The van der Waals surface area contributed by atoms with E-state index in [2.05, 4.69) is 6.92 Å². The van der Waals surface area contributed by atoms with Crippen LogP contribution in [0.1, 0.15) is 30.4 Å². The van der Waals surface area contributed by atoms with Crippen molar-refractivity contribution in [2.75, 3.05) is 6.54 Å². The highest BCUT2D eigenvalue weighted by atomic mass is 16.2. The maximum absolute atomic E-state index is 11.6. The maximum atomic E-state index is 11.6. The Kier molecular flexibility index (Phi) is 3.92. The minimum atomic E-state index is -0.0657. The van der Waals surface area contributed by atoms with E-state index in [0.717, 1.165) is 11.1 Å². The fourth-order valence-corrected chi connectivity index (χ4v) is 1.93. The highest BCUT2D eigenvalue weighted by Gasteiger charge is 2.24. The molecule has 93 valence electrons. The first-order chi connectivity index (χ1) is 8.66. The summed E-state index contributed by atoms with van der Waals surface area (Å²) < 4.78 is 0. The molecule has 3 nitrogen and oxygen atoms in total. The average molecular weight is 242 g/mol. The number of carbonyl (C=O) groups excluding carboxylic acids is 2. The Bertz CT molecular complexity index is 458. The first-order valence-electron chi connectivity index (χ1n) is 6.08. The molecule has 0 unspecified atom stereocenters. The molecule has 1 heterocycles. The number of hydrogen-bond donors (Lipinski definition) is 0. The number of amides is 2. The SMILES string of the molecule is [CH2]c1ccc(/C=C/CN2C(=O)CCCC2=O)cc1. The van der Waals surface area contributed by atoms with E-state index in [4.69, 9.17) is 0 Å². The van der Waals surface area contributed by atoms with Gasteiger partial charge in [0.05, 0.1) is 0 Å². The Labute approximate surface area is 107 Å². The normalized spacial score (nSPS) is 16.6. The summed E-state index contributed by atoms with van der Waals surface area (Å²) >= 11 is 0. The monoisotopic (exact) mass is 242 g/mol. The van der Waals surface area contributed by atoms with Crippen LogP contribution in [-0.4, -0.2) is 23.3 Å². The first-order valence-corrected chi connectivity index (χ1v) is 6.08. The molecule has 1 radical (unpaired) electrons. The van der Waals surface area contributed by atoms with Crippen molar-refractivity contribution in [1.82, 2.24) is 4.90 Å². The molecule has 0 bridgehead atoms. The van der Waals surface area contributed by atoms with Gasteiger partial charge in [0.25, 0.3) is 0 Å². The molecule has 0 aromatic heterocycles. The van der Waals surface area contributed by atoms with Crippen LogP contribution in [-0.2, 0) is 9.59 Å². The topological polar surface area (TPSA) is 37.4 Å². The van der Waals surface area contributed by atoms with E-state index >= 15 is 0 Å². The summed E-state index contributed by atoms with van der Waals surface area (Å²) in [5.41, 5.74) is 2.01. The number of likely N-dealkylation sites (tertiary alicyclic amines) is 1. The summed E-state index contributed by atoms with van der Waals surface area (Å²) in [5, 5.41) is 0. The number of carbonyl (C=O) groups is 2. The minimum absolute atomic E-state index is 0.0657. The lowest BCUT2D eigenvalue weighted by molar-refractivity contribution is -0.147. The van der Waals surface area contributed by atoms with Crippen molar-refractivity contribution in [1.29, 1.82) is 0 Å². The third-order valence-electron chi connectivity index (χ3n) is 2.96. The van der Waals surface area contributed by atoms with Crippen LogP contribution in [0.3, 0.4) is 0 Å². The zero-order valence-electron chi connectivity index (χ0n) is 10.3. The van der Waals surface area contributed by atoms with Crippen molar-refractivity contribution in [3.63, 3.8) is 0 Å². The van der Waals surface area contributed by atoms with Gasteiger partial charge < -0.3 is 0 Å². The number of piperidine rings is 1. The second-order valence-corrected chi connectivity index (χ2v) is 4.40. The Hall–Kier alpha value is -1.90. The molecule has 0 saturated carbocycles. The Morgan fingerprint density at radius 3 is 2.33 bits per heavy atom. The van der Waals surface area contributed by atoms with Crippen LogP contribution in [0.15, 0.2) is 30.3 Å². The summed E-state index contributed by atoms with van der Waals surface area (Å²) in [5.74, 6) is -0.131. The Morgan fingerprint density at radius 1 is 1.11 bits per heavy atom. The zero-order valence-corrected chi connectivity index (χ0v) is 10.3. The largest absolute Gasteiger partial charge is 0.279 e. The van der Waals surface area contributed by atoms with Crippen LogP contribution in [0.25, 0.3) is 6.08 Å². The number of rotatable bonds is 3. The van der Waals surface area contributed by atoms with Crippen molar-refractivity contribution in [3.8, 4) is 0 Å². The van der Waals surface area contributed by atoms with Gasteiger partial charge in [0.15, 0.2) is 0 Å². The second kappa shape index (κ2) is 5.63. The van der Waals surface area contributed by atoms with Gasteiger partial charge >= 0.3 is 0 Å². The number of imide groups is 1. The molecule has 1 aliphatic heterocycles. The average Bonchev–Trinajstić information content (AvgIpc) is 2.35. The summed E-state index contributed by atoms with van der Waals surface area (Å²) in [7, 11) is 0. The van der Waals surface area contributed by atoms with Gasteiger partial charge in [-0.05, 0) is 24.5 Å². The molecule has 2 rings (SSSR count). The molecule has 1 aromatic rings. The van der Waals surface area contributed by atoms with Crippen LogP contribution in [0.2, 0.25) is 0 Å². The van der Waals surface area contributed by atoms with Crippen LogP contribution in [0.4, 0.5) is 0 Å². The highest BCUT2D eigenvalue weighted by molar-refractivity contribution is 5.97. The smallest absolute Gasteiger partial charge is 0.229 e. The summed E-state index contributed by atoms with van der Waals surface area (Å²) in [6.45, 7) is 4.18. The fraction of sp³-hybridized carbons (Fsp3) is 0.267. The molecule has 0 atom stereocenters. The Balaban J connectivity index is 1.96. The van der Waals surface area contributed by atoms with E-state index < -0.39 is 0 Å². The van der Waals surface area contributed by atoms with Gasteiger partial charge in [0.1, 0.15) is 0 Å². The molecule has 0 aliphatic carbocycles. The van der Waals surface area contributed by atoms with Gasteiger partial charge in [-0.25, -0.2) is 0 Å². The molecule has 3 heteroatoms. The van der Waals surface area contributed by atoms with Crippen LogP contribution >= 0.6 is 0 Å². The summed E-state index contributed by atoms with van der Waals surface area (Å²) in [6, 6.07) is 7.77. The van der Waals surface area contributed by atoms with Gasteiger partial charge in [0, 0.05) is 19.4 Å². The second-order valence-electron chi connectivity index (χ2n) is 4.40. The maximum Gasteiger partial charge on any atom is 0.229 e. The van der Waals surface area contributed by atoms with Gasteiger partial charge in [-0.15, -0.1) is 0 Å².